The molecule has 0 aliphatic rings. The highest BCUT2D eigenvalue weighted by Gasteiger charge is 2.09. The Hall–Kier alpha value is -2.28. The number of carbonyl (C=O) groups excluding carboxylic acids is 1. The summed E-state index contributed by atoms with van der Waals surface area (Å²) < 4.78 is 6.70. The quantitative estimate of drug-likeness (QED) is 0.886. The molecule has 0 aliphatic heterocycles. The molecule has 21 heavy (non-hydrogen) atoms. The van der Waals surface area contributed by atoms with Crippen molar-refractivity contribution >= 4 is 23.3 Å². The van der Waals surface area contributed by atoms with Crippen LogP contribution in [-0.2, 0) is 6.54 Å². The fraction of sp³-hybridized carbons (Fsp3) is 0.308. The Labute approximate surface area is 127 Å². The van der Waals surface area contributed by atoms with E-state index >= 15 is 0 Å². The van der Waals surface area contributed by atoms with Crippen molar-refractivity contribution in [3.8, 4) is 5.75 Å². The van der Waals surface area contributed by atoms with Gasteiger partial charge in [0.05, 0.1) is 18.7 Å². The van der Waals surface area contributed by atoms with E-state index in [0.717, 1.165) is 0 Å². The lowest BCUT2D eigenvalue weighted by molar-refractivity contribution is 0.247. The van der Waals surface area contributed by atoms with Crippen LogP contribution in [0.25, 0.3) is 0 Å². The van der Waals surface area contributed by atoms with Gasteiger partial charge in [0.25, 0.3) is 0 Å². The van der Waals surface area contributed by atoms with Crippen LogP contribution in [0.1, 0.15) is 6.92 Å². The fourth-order valence-corrected chi connectivity index (χ4v) is 2.05. The second kappa shape index (κ2) is 6.94. The van der Waals surface area contributed by atoms with Crippen LogP contribution < -0.4 is 15.4 Å². The van der Waals surface area contributed by atoms with E-state index in [4.69, 9.17) is 16.3 Å². The molecule has 0 radical (unpaired) electrons. The van der Waals surface area contributed by atoms with E-state index in [-0.39, 0.29) is 12.1 Å². The number of hydrogen-bond acceptors (Lipinski definition) is 4. The summed E-state index contributed by atoms with van der Waals surface area (Å²) in [6, 6.07) is 4.62. The van der Waals surface area contributed by atoms with E-state index in [1.54, 1.807) is 29.2 Å². The first-order chi connectivity index (χ1) is 10.1. The predicted octanol–water partition coefficient (Wildman–Crippen LogP) is 2.15. The minimum Gasteiger partial charge on any atom is -0.495 e. The van der Waals surface area contributed by atoms with Crippen molar-refractivity contribution in [2.75, 3.05) is 12.4 Å². The molecule has 0 fully saturated rings. The van der Waals surface area contributed by atoms with Crippen molar-refractivity contribution in [3.05, 3.63) is 35.9 Å². The van der Waals surface area contributed by atoms with Gasteiger partial charge in [-0.2, -0.15) is 5.10 Å². The maximum Gasteiger partial charge on any atom is 0.319 e. The van der Waals surface area contributed by atoms with E-state index in [1.807, 2.05) is 6.92 Å². The molecule has 0 bridgehead atoms. The summed E-state index contributed by atoms with van der Waals surface area (Å²) in [5.74, 6) is 0.558. The third-order valence-corrected chi connectivity index (χ3v) is 3.01. The Morgan fingerprint density at radius 1 is 1.52 bits per heavy atom. The third kappa shape index (κ3) is 4.35. The van der Waals surface area contributed by atoms with Gasteiger partial charge < -0.3 is 15.4 Å². The predicted molar refractivity (Wildman–Crippen MR) is 79.6 cm³/mol. The summed E-state index contributed by atoms with van der Waals surface area (Å²) in [7, 11) is 1.53. The van der Waals surface area contributed by atoms with Gasteiger partial charge in [0.2, 0.25) is 0 Å². The Kier molecular flexibility index (Phi) is 4.99. The van der Waals surface area contributed by atoms with Gasteiger partial charge in [0.15, 0.2) is 0 Å². The number of nitrogens with one attached hydrogen (secondary N) is 2. The number of rotatable bonds is 5. The number of halogens is 1. The van der Waals surface area contributed by atoms with Gasteiger partial charge in [0, 0.05) is 11.7 Å². The lowest BCUT2D eigenvalue weighted by Crippen LogP contribution is -2.38. The van der Waals surface area contributed by atoms with Crippen molar-refractivity contribution in [1.82, 2.24) is 20.1 Å². The Bertz CT molecular complexity index is 603. The summed E-state index contributed by atoms with van der Waals surface area (Å²) in [5.41, 5.74) is 0.589. The van der Waals surface area contributed by atoms with Crippen molar-refractivity contribution in [1.29, 1.82) is 0 Å². The maximum absolute atomic E-state index is 11.9. The number of nitrogens with zero attached hydrogens (tertiary/aromatic N) is 3. The first-order valence-electron chi connectivity index (χ1n) is 6.32. The fourth-order valence-electron chi connectivity index (χ4n) is 1.79. The molecule has 2 N–H and O–H groups in total. The van der Waals surface area contributed by atoms with Crippen molar-refractivity contribution in [3.63, 3.8) is 0 Å². The summed E-state index contributed by atoms with van der Waals surface area (Å²) in [6.45, 7) is 2.42. The summed E-state index contributed by atoms with van der Waals surface area (Å²) in [6.07, 6.45) is 3.05. The molecule has 0 aliphatic carbocycles. The number of anilines is 1. The van der Waals surface area contributed by atoms with Crippen molar-refractivity contribution < 1.29 is 9.53 Å². The number of benzene rings is 1. The molecule has 0 spiro atoms. The van der Waals surface area contributed by atoms with Crippen LogP contribution in [0.15, 0.2) is 30.9 Å². The number of hydrogen-bond donors (Lipinski definition) is 2. The number of carbonyl (C=O) groups is 1. The van der Waals surface area contributed by atoms with Gasteiger partial charge in [-0.3, -0.25) is 4.68 Å². The second-order valence-electron chi connectivity index (χ2n) is 4.47. The lowest BCUT2D eigenvalue weighted by Gasteiger charge is -2.14. The summed E-state index contributed by atoms with van der Waals surface area (Å²) in [5, 5.41) is 9.93. The molecule has 1 aromatic carbocycles. The van der Waals surface area contributed by atoms with Crippen LogP contribution in [0.2, 0.25) is 5.02 Å². The molecule has 2 rings (SSSR count). The average Bonchev–Trinajstić information content (AvgIpc) is 2.91. The minimum atomic E-state index is -0.316. The molecule has 8 heteroatoms. The second-order valence-corrected chi connectivity index (χ2v) is 4.87. The highest BCUT2D eigenvalue weighted by atomic mass is 35.5. The molecule has 0 saturated carbocycles. The van der Waals surface area contributed by atoms with Gasteiger partial charge in [-0.15, -0.1) is 0 Å². The highest BCUT2D eigenvalue weighted by Crippen LogP contribution is 2.27. The molecule has 2 aromatic rings. The molecule has 2 amide bonds. The summed E-state index contributed by atoms with van der Waals surface area (Å²) >= 11 is 6.00. The largest absolute Gasteiger partial charge is 0.495 e. The van der Waals surface area contributed by atoms with E-state index in [2.05, 4.69) is 20.7 Å². The van der Waals surface area contributed by atoms with Gasteiger partial charge in [-0.05, 0) is 25.1 Å². The number of methoxy groups -OCH3 is 1. The minimum absolute atomic E-state index is 0.0968. The molecule has 1 heterocycles. The zero-order chi connectivity index (χ0) is 15.2. The molecule has 1 aromatic heterocycles. The van der Waals surface area contributed by atoms with Crippen molar-refractivity contribution in [2.24, 2.45) is 0 Å². The van der Waals surface area contributed by atoms with E-state index in [1.165, 1.54) is 13.4 Å². The summed E-state index contributed by atoms with van der Waals surface area (Å²) in [4.78, 5) is 15.7. The van der Waals surface area contributed by atoms with Gasteiger partial charge in [-0.25, -0.2) is 9.78 Å². The van der Waals surface area contributed by atoms with Crippen LogP contribution in [0, 0.1) is 0 Å². The zero-order valence-corrected chi connectivity index (χ0v) is 12.5. The Balaban J connectivity index is 1.87. The SMILES string of the molecule is COc1ccc(NC(=O)N[C@H](C)Cn2cncn2)cc1Cl. The van der Waals surface area contributed by atoms with Crippen LogP contribution in [0.5, 0.6) is 5.75 Å². The Morgan fingerprint density at radius 3 is 2.95 bits per heavy atom. The Morgan fingerprint density at radius 2 is 2.33 bits per heavy atom. The van der Waals surface area contributed by atoms with Gasteiger partial charge >= 0.3 is 6.03 Å². The molecule has 0 saturated heterocycles. The molecule has 1 atom stereocenters. The zero-order valence-electron chi connectivity index (χ0n) is 11.7. The third-order valence-electron chi connectivity index (χ3n) is 2.71. The number of ether oxygens (including phenoxy) is 1. The molecular formula is C13H16ClN5O2. The van der Waals surface area contributed by atoms with Crippen LogP contribution >= 0.6 is 11.6 Å². The monoisotopic (exact) mass is 309 g/mol. The molecular weight excluding hydrogens is 294 g/mol. The first-order valence-corrected chi connectivity index (χ1v) is 6.69. The van der Waals surface area contributed by atoms with Crippen LogP contribution in [-0.4, -0.2) is 33.9 Å². The molecule has 7 nitrogen and oxygen atoms in total. The highest BCUT2D eigenvalue weighted by molar-refractivity contribution is 6.32. The first kappa shape index (κ1) is 15.1. The number of aromatic nitrogens is 3. The van der Waals surface area contributed by atoms with E-state index in [9.17, 15) is 4.79 Å². The van der Waals surface area contributed by atoms with Gasteiger partial charge in [0.1, 0.15) is 18.4 Å². The maximum atomic E-state index is 11.9. The average molecular weight is 310 g/mol. The standard InChI is InChI=1S/C13H16ClN5O2/c1-9(6-19-8-15-7-16-19)17-13(20)18-10-3-4-12(21-2)11(14)5-10/h3-5,7-9H,6H2,1-2H3,(H2,17,18,20)/t9-/m1/s1. The van der Waals surface area contributed by atoms with E-state index < -0.39 is 0 Å². The van der Waals surface area contributed by atoms with Crippen molar-refractivity contribution in [2.45, 2.75) is 19.5 Å². The van der Waals surface area contributed by atoms with Gasteiger partial charge in [-0.1, -0.05) is 11.6 Å². The number of urea groups is 1. The molecule has 112 valence electrons. The van der Waals surface area contributed by atoms with Crippen LogP contribution in [0.3, 0.4) is 0 Å². The molecule has 0 unspecified atom stereocenters. The lowest BCUT2D eigenvalue weighted by atomic mass is 10.3. The van der Waals surface area contributed by atoms with Crippen LogP contribution in [0.4, 0.5) is 10.5 Å². The van der Waals surface area contributed by atoms with E-state index in [0.29, 0.717) is 23.0 Å². The smallest absolute Gasteiger partial charge is 0.319 e. The number of amides is 2. The topological polar surface area (TPSA) is 81.1 Å². The normalized spacial score (nSPS) is 11.8.